The van der Waals surface area contributed by atoms with E-state index in [1.165, 1.54) is 0 Å². The molecule has 2 aliphatic heterocycles. The van der Waals surface area contributed by atoms with Gasteiger partial charge >= 0.3 is 12.1 Å². The number of hydrogen-bond donors (Lipinski definition) is 0. The molecule has 1 amide bonds. The van der Waals surface area contributed by atoms with E-state index in [2.05, 4.69) is 0 Å². The Hall–Kier alpha value is -1.26. The number of likely N-dealkylation sites (tertiary alicyclic amines) is 1. The highest BCUT2D eigenvalue weighted by Crippen LogP contribution is 2.39. The van der Waals surface area contributed by atoms with Gasteiger partial charge in [-0.2, -0.15) is 0 Å². The highest BCUT2D eigenvalue weighted by molar-refractivity contribution is 5.81. The van der Waals surface area contributed by atoms with E-state index >= 15 is 0 Å². The minimum atomic E-state index is -0.497. The molecule has 5 heteroatoms. The van der Waals surface area contributed by atoms with Gasteiger partial charge in [-0.15, -0.1) is 0 Å². The van der Waals surface area contributed by atoms with Gasteiger partial charge in [0.2, 0.25) is 0 Å². The zero-order valence-corrected chi connectivity index (χ0v) is 10.6. The van der Waals surface area contributed by atoms with Gasteiger partial charge in [0, 0.05) is 13.1 Å². The van der Waals surface area contributed by atoms with Crippen LogP contribution >= 0.6 is 0 Å². The molecule has 0 aromatic heterocycles. The Kier molecular flexibility index (Phi) is 2.79. The van der Waals surface area contributed by atoms with Gasteiger partial charge in [0.25, 0.3) is 0 Å². The molecule has 1 spiro atoms. The summed E-state index contributed by atoms with van der Waals surface area (Å²) in [7, 11) is 0. The van der Waals surface area contributed by atoms with E-state index in [0.717, 1.165) is 0 Å². The Morgan fingerprint density at radius 3 is 2.65 bits per heavy atom. The lowest BCUT2D eigenvalue weighted by atomic mass is 9.86. The summed E-state index contributed by atoms with van der Waals surface area (Å²) in [5.74, 6) is -0.163. The van der Waals surface area contributed by atoms with Gasteiger partial charge < -0.3 is 14.4 Å². The summed E-state index contributed by atoms with van der Waals surface area (Å²) in [6, 6.07) is 0. The van der Waals surface area contributed by atoms with Crippen LogP contribution in [0.4, 0.5) is 4.79 Å². The second-order valence-corrected chi connectivity index (χ2v) is 5.82. The fourth-order valence-corrected chi connectivity index (χ4v) is 2.32. The van der Waals surface area contributed by atoms with E-state index in [1.54, 1.807) is 4.90 Å². The molecule has 96 valence electrons. The zero-order valence-electron chi connectivity index (χ0n) is 10.6. The van der Waals surface area contributed by atoms with E-state index in [4.69, 9.17) is 9.47 Å². The van der Waals surface area contributed by atoms with Gasteiger partial charge in [0.1, 0.15) is 5.60 Å². The Labute approximate surface area is 101 Å². The lowest BCUT2D eigenvalue weighted by Crippen LogP contribution is -2.38. The minimum Gasteiger partial charge on any atom is -0.465 e. The van der Waals surface area contributed by atoms with Crippen molar-refractivity contribution < 1.29 is 19.1 Å². The number of nitrogens with zero attached hydrogens (tertiary/aromatic N) is 1. The van der Waals surface area contributed by atoms with Crippen LogP contribution in [-0.2, 0) is 14.3 Å². The number of hydrogen-bond acceptors (Lipinski definition) is 4. The Morgan fingerprint density at radius 2 is 2.12 bits per heavy atom. The molecule has 0 N–H and O–H groups in total. The highest BCUT2D eigenvalue weighted by atomic mass is 16.6. The average Bonchev–Trinajstić information content (AvgIpc) is 2.74. The molecule has 2 rings (SSSR count). The molecule has 2 fully saturated rings. The van der Waals surface area contributed by atoms with Gasteiger partial charge in [0.05, 0.1) is 12.0 Å². The van der Waals surface area contributed by atoms with E-state index in [1.807, 2.05) is 20.8 Å². The van der Waals surface area contributed by atoms with Crippen molar-refractivity contribution in [2.75, 3.05) is 19.7 Å². The van der Waals surface area contributed by atoms with Crippen LogP contribution in [-0.4, -0.2) is 42.3 Å². The monoisotopic (exact) mass is 241 g/mol. The third-order valence-corrected chi connectivity index (χ3v) is 3.25. The van der Waals surface area contributed by atoms with Crippen LogP contribution in [0.1, 0.15) is 33.6 Å². The van der Waals surface area contributed by atoms with Gasteiger partial charge in [-0.05, 0) is 33.6 Å². The summed E-state index contributed by atoms with van der Waals surface area (Å²) in [6.45, 7) is 6.98. The first kappa shape index (κ1) is 12.2. The fraction of sp³-hybridized carbons (Fsp3) is 0.833. The van der Waals surface area contributed by atoms with E-state index < -0.39 is 11.0 Å². The second-order valence-electron chi connectivity index (χ2n) is 5.82. The maximum absolute atomic E-state index is 11.9. The zero-order chi connectivity index (χ0) is 12.7. The van der Waals surface area contributed by atoms with Gasteiger partial charge in [-0.25, -0.2) is 4.79 Å². The largest absolute Gasteiger partial charge is 0.465 e. The lowest BCUT2D eigenvalue weighted by Gasteiger charge is -2.25. The molecule has 0 aromatic carbocycles. The maximum Gasteiger partial charge on any atom is 0.410 e. The number of cyclic esters (lactones) is 1. The number of carbonyl (C=O) groups excluding carboxylic acids is 2. The lowest BCUT2D eigenvalue weighted by molar-refractivity contribution is -0.145. The van der Waals surface area contributed by atoms with Crippen molar-refractivity contribution in [3.63, 3.8) is 0 Å². The standard InChI is InChI=1S/C12H19NO4/c1-11(2,3)17-10(15)13-6-4-12(8-13)5-7-16-9(12)14/h4-8H2,1-3H3. The topological polar surface area (TPSA) is 55.8 Å². The van der Waals surface area contributed by atoms with E-state index in [9.17, 15) is 9.59 Å². The Balaban J connectivity index is 1.98. The third kappa shape index (κ3) is 2.37. The normalized spacial score (nSPS) is 28.6. The molecule has 0 radical (unpaired) electrons. The molecule has 2 heterocycles. The summed E-state index contributed by atoms with van der Waals surface area (Å²) >= 11 is 0. The minimum absolute atomic E-state index is 0.163. The van der Waals surface area contributed by atoms with Crippen molar-refractivity contribution in [1.29, 1.82) is 0 Å². The number of carbonyl (C=O) groups is 2. The van der Waals surface area contributed by atoms with Crippen molar-refractivity contribution in [1.82, 2.24) is 4.90 Å². The second kappa shape index (κ2) is 3.89. The number of esters is 1. The maximum atomic E-state index is 11.9. The van der Waals surface area contributed by atoms with Crippen molar-refractivity contribution >= 4 is 12.1 Å². The Morgan fingerprint density at radius 1 is 1.41 bits per heavy atom. The summed E-state index contributed by atoms with van der Waals surface area (Å²) in [6.07, 6.45) is 1.06. The average molecular weight is 241 g/mol. The molecule has 17 heavy (non-hydrogen) atoms. The Bertz CT molecular complexity index is 347. The molecule has 2 saturated heterocycles. The predicted molar refractivity (Wildman–Crippen MR) is 60.4 cm³/mol. The van der Waals surface area contributed by atoms with Crippen LogP contribution in [0.15, 0.2) is 0 Å². The predicted octanol–water partition coefficient (Wildman–Crippen LogP) is 1.56. The van der Waals surface area contributed by atoms with Crippen LogP contribution in [0.3, 0.4) is 0 Å². The highest BCUT2D eigenvalue weighted by Gasteiger charge is 2.50. The molecule has 2 aliphatic rings. The molecule has 1 atom stereocenters. The quantitative estimate of drug-likeness (QED) is 0.604. The molecule has 0 aromatic rings. The van der Waals surface area contributed by atoms with Crippen LogP contribution in [0, 0.1) is 5.41 Å². The van der Waals surface area contributed by atoms with Gasteiger partial charge in [0.15, 0.2) is 0 Å². The van der Waals surface area contributed by atoms with Gasteiger partial charge in [-0.1, -0.05) is 0 Å². The summed E-state index contributed by atoms with van der Waals surface area (Å²) < 4.78 is 10.3. The third-order valence-electron chi connectivity index (χ3n) is 3.25. The number of ether oxygens (including phenoxy) is 2. The van der Waals surface area contributed by atoms with Crippen molar-refractivity contribution in [2.24, 2.45) is 5.41 Å². The van der Waals surface area contributed by atoms with Crippen molar-refractivity contribution in [3.05, 3.63) is 0 Å². The van der Waals surface area contributed by atoms with Crippen LogP contribution in [0.5, 0.6) is 0 Å². The molecular weight excluding hydrogens is 222 g/mol. The molecule has 0 bridgehead atoms. The molecule has 1 unspecified atom stereocenters. The first-order valence-corrected chi connectivity index (χ1v) is 5.98. The summed E-state index contributed by atoms with van der Waals surface area (Å²) in [5, 5.41) is 0. The SMILES string of the molecule is CC(C)(C)OC(=O)N1CCC2(CCOC2=O)C1. The fourth-order valence-electron chi connectivity index (χ4n) is 2.32. The van der Waals surface area contributed by atoms with Crippen molar-refractivity contribution in [3.8, 4) is 0 Å². The van der Waals surface area contributed by atoms with Gasteiger partial charge in [-0.3, -0.25) is 4.79 Å². The summed E-state index contributed by atoms with van der Waals surface area (Å²) in [5.41, 5.74) is -0.958. The molecule has 0 aliphatic carbocycles. The van der Waals surface area contributed by atoms with Crippen LogP contribution < -0.4 is 0 Å². The van der Waals surface area contributed by atoms with Crippen LogP contribution in [0.2, 0.25) is 0 Å². The molecule has 5 nitrogen and oxygen atoms in total. The van der Waals surface area contributed by atoms with Crippen LogP contribution in [0.25, 0.3) is 0 Å². The number of rotatable bonds is 0. The summed E-state index contributed by atoms with van der Waals surface area (Å²) in [4.78, 5) is 25.1. The number of amides is 1. The molecule has 0 saturated carbocycles. The molecular formula is C12H19NO4. The smallest absolute Gasteiger partial charge is 0.410 e. The van der Waals surface area contributed by atoms with E-state index in [-0.39, 0.29) is 12.1 Å². The van der Waals surface area contributed by atoms with Crippen molar-refractivity contribution in [2.45, 2.75) is 39.2 Å². The van der Waals surface area contributed by atoms with E-state index in [0.29, 0.717) is 32.5 Å². The first-order chi connectivity index (χ1) is 7.82. The first-order valence-electron chi connectivity index (χ1n) is 5.98.